The lowest BCUT2D eigenvalue weighted by Gasteiger charge is -2.29. The molecule has 0 atom stereocenters. The normalized spacial score (nSPS) is 16.3. The Hall–Kier alpha value is -1.89. The van der Waals surface area contributed by atoms with E-state index in [0.29, 0.717) is 27.5 Å². The average Bonchev–Trinajstić information content (AvgIpc) is 2.84. The van der Waals surface area contributed by atoms with Crippen LogP contribution in [-0.2, 0) is 17.8 Å². The number of halogens is 1. The van der Waals surface area contributed by atoms with Gasteiger partial charge in [0.2, 0.25) is 0 Å². The number of benzene rings is 1. The van der Waals surface area contributed by atoms with E-state index in [4.69, 9.17) is 16.3 Å². The molecule has 3 heterocycles. The molecule has 1 N–H and O–H groups in total. The number of rotatable bonds is 1. The van der Waals surface area contributed by atoms with Gasteiger partial charge in [0.25, 0.3) is 5.56 Å². The van der Waals surface area contributed by atoms with Crippen LogP contribution in [0.3, 0.4) is 0 Å². The molecule has 0 unspecified atom stereocenters. The summed E-state index contributed by atoms with van der Waals surface area (Å²) in [5, 5.41) is 0.472. The van der Waals surface area contributed by atoms with Gasteiger partial charge < -0.3 is 9.72 Å². The number of hydrogen-bond donors (Lipinski definition) is 1. The monoisotopic (exact) mass is 362 g/mol. The van der Waals surface area contributed by atoms with E-state index >= 15 is 0 Å². The molecule has 0 fully saturated rings. The van der Waals surface area contributed by atoms with Crippen molar-refractivity contribution < 1.29 is 4.74 Å². The number of hydrogen-bond acceptors (Lipinski definition) is 4. The maximum Gasteiger partial charge on any atom is 0.333 e. The highest BCUT2D eigenvalue weighted by atomic mass is 35.5. The van der Waals surface area contributed by atoms with Crippen LogP contribution < -0.4 is 11.2 Å². The first-order valence-corrected chi connectivity index (χ1v) is 8.75. The SMILES string of the molecule is CC1(C)Cc2sc3c(=O)n(-c4cccc(Cl)c4)c(=O)[nH]c3c2CO1. The number of nitrogens with one attached hydrogen (secondary N) is 1. The van der Waals surface area contributed by atoms with E-state index in [-0.39, 0.29) is 11.2 Å². The fourth-order valence-corrected chi connectivity index (χ4v) is 4.59. The minimum atomic E-state index is -0.472. The predicted octanol–water partition coefficient (Wildman–Crippen LogP) is 3.25. The molecule has 3 aromatic rings. The molecule has 1 aliphatic heterocycles. The Balaban J connectivity index is 2.00. The molecule has 0 spiro atoms. The van der Waals surface area contributed by atoms with Gasteiger partial charge in [0.05, 0.1) is 23.4 Å². The van der Waals surface area contributed by atoms with E-state index < -0.39 is 5.69 Å². The van der Waals surface area contributed by atoms with E-state index in [1.165, 1.54) is 11.3 Å². The molecule has 7 heteroatoms. The molecule has 0 bridgehead atoms. The van der Waals surface area contributed by atoms with Crippen LogP contribution in [0.5, 0.6) is 0 Å². The summed E-state index contributed by atoms with van der Waals surface area (Å²) in [5.41, 5.74) is 0.910. The van der Waals surface area contributed by atoms with Crippen molar-refractivity contribution in [1.82, 2.24) is 9.55 Å². The smallest absolute Gasteiger partial charge is 0.333 e. The summed E-state index contributed by atoms with van der Waals surface area (Å²) < 4.78 is 7.50. The van der Waals surface area contributed by atoms with Crippen molar-refractivity contribution in [3.63, 3.8) is 0 Å². The van der Waals surface area contributed by atoms with Gasteiger partial charge >= 0.3 is 5.69 Å². The van der Waals surface area contributed by atoms with E-state index in [2.05, 4.69) is 4.98 Å². The molecule has 1 aliphatic rings. The Morgan fingerprint density at radius 1 is 1.33 bits per heavy atom. The summed E-state index contributed by atoms with van der Waals surface area (Å²) in [5.74, 6) is 0. The number of nitrogens with zero attached hydrogens (tertiary/aromatic N) is 1. The van der Waals surface area contributed by atoms with E-state index in [9.17, 15) is 9.59 Å². The summed E-state index contributed by atoms with van der Waals surface area (Å²) >= 11 is 7.42. The van der Waals surface area contributed by atoms with Gasteiger partial charge in [-0.25, -0.2) is 9.36 Å². The molecule has 1 aromatic carbocycles. The summed E-state index contributed by atoms with van der Waals surface area (Å²) in [6.45, 7) is 4.44. The van der Waals surface area contributed by atoms with Crippen molar-refractivity contribution in [2.45, 2.75) is 32.5 Å². The molecule has 2 aromatic heterocycles. The molecular formula is C17H15ClN2O3S. The zero-order chi connectivity index (χ0) is 17.1. The minimum Gasteiger partial charge on any atom is -0.370 e. The number of fused-ring (bicyclic) bond motifs is 3. The Labute approximate surface area is 146 Å². The van der Waals surface area contributed by atoms with Gasteiger partial charge in [0.1, 0.15) is 4.70 Å². The molecule has 0 saturated heterocycles. The first-order chi connectivity index (χ1) is 11.4. The van der Waals surface area contributed by atoms with Gasteiger partial charge in [0, 0.05) is 21.9 Å². The third kappa shape index (κ3) is 2.42. The second kappa shape index (κ2) is 5.31. The van der Waals surface area contributed by atoms with Gasteiger partial charge in [-0.3, -0.25) is 4.79 Å². The van der Waals surface area contributed by atoms with Crippen molar-refractivity contribution in [3.8, 4) is 5.69 Å². The number of aromatic amines is 1. The summed E-state index contributed by atoms with van der Waals surface area (Å²) in [4.78, 5) is 29.4. The molecule has 124 valence electrons. The van der Waals surface area contributed by atoms with Gasteiger partial charge in [-0.15, -0.1) is 11.3 Å². The van der Waals surface area contributed by atoms with E-state index in [0.717, 1.165) is 21.4 Å². The summed E-state index contributed by atoms with van der Waals surface area (Å²) in [6.07, 6.45) is 0.723. The van der Waals surface area contributed by atoms with Crippen LogP contribution in [0.1, 0.15) is 24.3 Å². The third-order valence-corrected chi connectivity index (χ3v) is 5.64. The van der Waals surface area contributed by atoms with Gasteiger partial charge in [0.15, 0.2) is 0 Å². The van der Waals surface area contributed by atoms with E-state index in [1.54, 1.807) is 24.3 Å². The lowest BCUT2D eigenvalue weighted by atomic mass is 9.98. The fourth-order valence-electron chi connectivity index (χ4n) is 3.00. The maximum atomic E-state index is 12.9. The molecule has 0 amide bonds. The maximum absolute atomic E-state index is 12.9. The lowest BCUT2D eigenvalue weighted by Crippen LogP contribution is -2.33. The number of aromatic nitrogens is 2. The molecule has 0 saturated carbocycles. The van der Waals surface area contributed by atoms with Crippen molar-refractivity contribution in [2.75, 3.05) is 0 Å². The van der Waals surface area contributed by atoms with Gasteiger partial charge in [-0.05, 0) is 32.0 Å². The second-order valence-electron chi connectivity index (χ2n) is 6.48. The molecule has 24 heavy (non-hydrogen) atoms. The summed E-state index contributed by atoms with van der Waals surface area (Å²) in [6, 6.07) is 6.70. The average molecular weight is 363 g/mol. The number of H-pyrrole nitrogens is 1. The first-order valence-electron chi connectivity index (χ1n) is 7.55. The molecule has 0 radical (unpaired) electrons. The van der Waals surface area contributed by atoms with Gasteiger partial charge in [-0.2, -0.15) is 0 Å². The molecule has 4 rings (SSSR count). The molecule has 0 aliphatic carbocycles. The third-order valence-electron chi connectivity index (χ3n) is 4.18. The zero-order valence-corrected chi connectivity index (χ0v) is 14.8. The van der Waals surface area contributed by atoms with Crippen molar-refractivity contribution in [1.29, 1.82) is 0 Å². The Morgan fingerprint density at radius 3 is 2.88 bits per heavy atom. The van der Waals surface area contributed by atoms with Crippen molar-refractivity contribution >= 4 is 33.2 Å². The fraction of sp³-hybridized carbons (Fsp3) is 0.294. The Bertz CT molecular complexity index is 1080. The van der Waals surface area contributed by atoms with Gasteiger partial charge in [-0.1, -0.05) is 17.7 Å². The first kappa shape index (κ1) is 15.6. The van der Waals surface area contributed by atoms with Crippen LogP contribution in [0.4, 0.5) is 0 Å². The largest absolute Gasteiger partial charge is 0.370 e. The van der Waals surface area contributed by atoms with Crippen molar-refractivity contribution in [2.24, 2.45) is 0 Å². The summed E-state index contributed by atoms with van der Waals surface area (Å²) in [7, 11) is 0. The van der Waals surface area contributed by atoms with Crippen molar-refractivity contribution in [3.05, 3.63) is 60.6 Å². The molecule has 5 nitrogen and oxygen atoms in total. The van der Waals surface area contributed by atoms with E-state index in [1.807, 2.05) is 13.8 Å². The topological polar surface area (TPSA) is 64.1 Å². The minimum absolute atomic E-state index is 0.264. The highest BCUT2D eigenvalue weighted by Gasteiger charge is 2.30. The standard InChI is InChI=1S/C17H15ClN2O3S/c1-17(2)7-12-11(8-23-17)13-14(24-12)15(21)20(16(22)19-13)10-5-3-4-9(18)6-10/h3-6H,7-8H2,1-2H3,(H,19,22). The second-order valence-corrected chi connectivity index (χ2v) is 8.03. The number of thiophene rings is 1. The molecular weight excluding hydrogens is 348 g/mol. The van der Waals surface area contributed by atoms with Crippen LogP contribution >= 0.6 is 22.9 Å². The number of ether oxygens (including phenoxy) is 1. The van der Waals surface area contributed by atoms with Crippen LogP contribution in [0.2, 0.25) is 5.02 Å². The van der Waals surface area contributed by atoms with Crippen LogP contribution in [0.15, 0.2) is 33.9 Å². The highest BCUT2D eigenvalue weighted by Crippen LogP contribution is 2.36. The zero-order valence-electron chi connectivity index (χ0n) is 13.2. The predicted molar refractivity (Wildman–Crippen MR) is 95.6 cm³/mol. The van der Waals surface area contributed by atoms with Crippen LogP contribution in [0.25, 0.3) is 15.9 Å². The van der Waals surface area contributed by atoms with Crippen LogP contribution in [0, 0.1) is 0 Å². The van der Waals surface area contributed by atoms with Crippen LogP contribution in [-0.4, -0.2) is 15.2 Å². The quantitative estimate of drug-likeness (QED) is 0.722. The Kier molecular flexibility index (Phi) is 3.46. The lowest BCUT2D eigenvalue weighted by molar-refractivity contribution is -0.0383. The Morgan fingerprint density at radius 2 is 2.12 bits per heavy atom. The highest BCUT2D eigenvalue weighted by molar-refractivity contribution is 7.19.